The summed E-state index contributed by atoms with van der Waals surface area (Å²) < 4.78 is 37.7. The van der Waals surface area contributed by atoms with Gasteiger partial charge >= 0.3 is 6.18 Å². The molecule has 1 aromatic rings. The van der Waals surface area contributed by atoms with Gasteiger partial charge in [0.15, 0.2) is 0 Å². The van der Waals surface area contributed by atoms with Crippen LogP contribution in [0.15, 0.2) is 24.3 Å². The average molecular weight is 272 g/mol. The van der Waals surface area contributed by atoms with Gasteiger partial charge in [-0.1, -0.05) is 12.1 Å². The van der Waals surface area contributed by atoms with Crippen molar-refractivity contribution < 1.29 is 18.0 Å². The first kappa shape index (κ1) is 13.9. The highest BCUT2D eigenvalue weighted by Crippen LogP contribution is 2.29. The van der Waals surface area contributed by atoms with E-state index in [9.17, 15) is 18.0 Å². The third kappa shape index (κ3) is 3.26. The lowest BCUT2D eigenvalue weighted by Crippen LogP contribution is -2.50. The van der Waals surface area contributed by atoms with Crippen LogP contribution in [0, 0.1) is 5.92 Å². The lowest BCUT2D eigenvalue weighted by Gasteiger charge is -2.30. The van der Waals surface area contributed by atoms with Crippen molar-refractivity contribution in [3.63, 3.8) is 0 Å². The van der Waals surface area contributed by atoms with E-state index in [4.69, 9.17) is 0 Å². The van der Waals surface area contributed by atoms with E-state index >= 15 is 0 Å². The summed E-state index contributed by atoms with van der Waals surface area (Å²) in [5.41, 5.74) is -0.200. The van der Waals surface area contributed by atoms with Crippen molar-refractivity contribution in [2.75, 3.05) is 20.1 Å². The molecule has 6 heteroatoms. The quantitative estimate of drug-likeness (QED) is 0.911. The zero-order chi connectivity index (χ0) is 14.0. The first-order valence-electron chi connectivity index (χ1n) is 6.00. The zero-order valence-corrected chi connectivity index (χ0v) is 10.5. The molecule has 0 bridgehead atoms. The third-order valence-corrected chi connectivity index (χ3v) is 3.18. The second kappa shape index (κ2) is 5.21. The Bertz CT molecular complexity index is 469. The number of alkyl halides is 3. The zero-order valence-electron chi connectivity index (χ0n) is 10.5. The van der Waals surface area contributed by atoms with Crippen molar-refractivity contribution in [1.29, 1.82) is 0 Å². The number of nitrogens with one attached hydrogen (secondary N) is 1. The molecule has 1 aromatic carbocycles. The van der Waals surface area contributed by atoms with E-state index in [2.05, 4.69) is 5.32 Å². The van der Waals surface area contributed by atoms with Gasteiger partial charge in [-0.15, -0.1) is 0 Å². The van der Waals surface area contributed by atoms with E-state index in [1.54, 1.807) is 13.1 Å². The fourth-order valence-electron chi connectivity index (χ4n) is 1.97. The molecule has 19 heavy (non-hydrogen) atoms. The molecule has 1 saturated heterocycles. The lowest BCUT2D eigenvalue weighted by molar-refractivity contribution is -0.137. The maximum Gasteiger partial charge on any atom is 0.416 e. The number of amides is 1. The molecule has 1 aliphatic heterocycles. The Morgan fingerprint density at radius 3 is 2.63 bits per heavy atom. The van der Waals surface area contributed by atoms with Crippen molar-refractivity contribution in [3.05, 3.63) is 35.4 Å². The topological polar surface area (TPSA) is 32.3 Å². The fraction of sp³-hybridized carbons (Fsp3) is 0.462. The Morgan fingerprint density at radius 2 is 2.11 bits per heavy atom. The van der Waals surface area contributed by atoms with E-state index in [1.807, 2.05) is 0 Å². The average Bonchev–Trinajstić information content (AvgIpc) is 2.25. The fourth-order valence-corrected chi connectivity index (χ4v) is 1.97. The van der Waals surface area contributed by atoms with Crippen molar-refractivity contribution >= 4 is 5.91 Å². The van der Waals surface area contributed by atoms with Gasteiger partial charge in [0, 0.05) is 26.7 Å². The third-order valence-electron chi connectivity index (χ3n) is 3.18. The smallest absolute Gasteiger partial charge is 0.341 e. The molecule has 0 unspecified atom stereocenters. The Morgan fingerprint density at radius 1 is 1.42 bits per heavy atom. The minimum atomic E-state index is -4.35. The number of hydrogen-bond acceptors (Lipinski definition) is 2. The van der Waals surface area contributed by atoms with E-state index < -0.39 is 11.7 Å². The van der Waals surface area contributed by atoms with Crippen LogP contribution in [0.3, 0.4) is 0 Å². The van der Waals surface area contributed by atoms with E-state index in [-0.39, 0.29) is 18.4 Å². The molecule has 0 saturated carbocycles. The Balaban J connectivity index is 2.04. The molecule has 0 spiro atoms. The highest BCUT2D eigenvalue weighted by atomic mass is 19.4. The van der Waals surface area contributed by atoms with Crippen LogP contribution in [0.25, 0.3) is 0 Å². The molecule has 1 heterocycles. The number of nitrogens with zero attached hydrogens (tertiary/aromatic N) is 1. The minimum Gasteiger partial charge on any atom is -0.341 e. The summed E-state index contributed by atoms with van der Waals surface area (Å²) in [5, 5.41) is 2.99. The number of rotatable bonds is 3. The van der Waals surface area contributed by atoms with Crippen molar-refractivity contribution in [2.45, 2.75) is 12.7 Å². The molecule has 1 N–H and O–H groups in total. The number of halogens is 3. The molecular formula is C13H15F3N2O. The van der Waals surface area contributed by atoms with Crippen LogP contribution in [0.2, 0.25) is 0 Å². The number of carbonyl (C=O) groups is 1. The first-order chi connectivity index (χ1) is 8.88. The second-order valence-corrected chi connectivity index (χ2v) is 4.75. The molecule has 3 nitrogen and oxygen atoms in total. The minimum absolute atomic E-state index is 0.0313. The van der Waals surface area contributed by atoms with Crippen LogP contribution >= 0.6 is 0 Å². The molecule has 0 aromatic heterocycles. The van der Waals surface area contributed by atoms with Crippen LogP contribution in [0.4, 0.5) is 13.2 Å². The van der Waals surface area contributed by atoms with Crippen LogP contribution in [0.1, 0.15) is 11.1 Å². The highest BCUT2D eigenvalue weighted by Gasteiger charge is 2.31. The molecule has 1 fully saturated rings. The highest BCUT2D eigenvalue weighted by molar-refractivity contribution is 5.79. The molecule has 104 valence electrons. The summed E-state index contributed by atoms with van der Waals surface area (Å²) in [5.74, 6) is -0.0769. The standard InChI is InChI=1S/C13H15F3N2O/c1-18(12(19)10-6-17-7-10)8-9-3-2-4-11(5-9)13(14,15)16/h2-5,10,17H,6-8H2,1H3. The van der Waals surface area contributed by atoms with Crippen molar-refractivity contribution in [1.82, 2.24) is 10.2 Å². The van der Waals surface area contributed by atoms with Gasteiger partial charge in [-0.3, -0.25) is 4.79 Å². The van der Waals surface area contributed by atoms with E-state index in [0.29, 0.717) is 18.7 Å². The second-order valence-electron chi connectivity index (χ2n) is 4.75. The molecule has 1 amide bonds. The monoisotopic (exact) mass is 272 g/mol. The maximum atomic E-state index is 12.6. The first-order valence-corrected chi connectivity index (χ1v) is 6.00. The van der Waals surface area contributed by atoms with Gasteiger partial charge in [-0.25, -0.2) is 0 Å². The Kier molecular flexibility index (Phi) is 3.80. The van der Waals surface area contributed by atoms with Crippen molar-refractivity contribution in [3.8, 4) is 0 Å². The van der Waals surface area contributed by atoms with Gasteiger partial charge < -0.3 is 10.2 Å². The normalized spacial score (nSPS) is 16.0. The largest absolute Gasteiger partial charge is 0.416 e. The summed E-state index contributed by atoms with van der Waals surface area (Å²) in [4.78, 5) is 13.3. The molecule has 2 rings (SSSR count). The molecule has 0 aliphatic carbocycles. The molecular weight excluding hydrogens is 257 g/mol. The van der Waals surface area contributed by atoms with Crippen LogP contribution < -0.4 is 5.32 Å². The van der Waals surface area contributed by atoms with Crippen LogP contribution in [-0.4, -0.2) is 30.9 Å². The number of hydrogen-bond donors (Lipinski definition) is 1. The van der Waals surface area contributed by atoms with Gasteiger partial charge in [0.1, 0.15) is 0 Å². The molecule has 1 aliphatic rings. The summed E-state index contributed by atoms with van der Waals surface area (Å²) in [6, 6.07) is 5.07. The van der Waals surface area contributed by atoms with E-state index in [1.165, 1.54) is 11.0 Å². The predicted molar refractivity (Wildman–Crippen MR) is 64.3 cm³/mol. The molecule has 0 radical (unpaired) electrons. The van der Waals surface area contributed by atoms with Gasteiger partial charge in [-0.05, 0) is 17.7 Å². The van der Waals surface area contributed by atoms with Gasteiger partial charge in [-0.2, -0.15) is 13.2 Å². The summed E-state index contributed by atoms with van der Waals surface area (Å²) in [7, 11) is 1.61. The van der Waals surface area contributed by atoms with Gasteiger partial charge in [0.05, 0.1) is 11.5 Å². The predicted octanol–water partition coefficient (Wildman–Crippen LogP) is 1.88. The molecule has 0 atom stereocenters. The van der Waals surface area contributed by atoms with Crippen molar-refractivity contribution in [2.24, 2.45) is 5.92 Å². The van der Waals surface area contributed by atoms with Gasteiger partial charge in [0.25, 0.3) is 0 Å². The SMILES string of the molecule is CN(Cc1cccc(C(F)(F)F)c1)C(=O)C1CNC1. The van der Waals surface area contributed by atoms with Gasteiger partial charge in [0.2, 0.25) is 5.91 Å². The Labute approximate surface area is 109 Å². The van der Waals surface area contributed by atoms with Crippen LogP contribution in [0.5, 0.6) is 0 Å². The number of benzene rings is 1. The van der Waals surface area contributed by atoms with Crippen LogP contribution in [-0.2, 0) is 17.5 Å². The summed E-state index contributed by atoms with van der Waals surface area (Å²) in [6.07, 6.45) is -4.35. The van der Waals surface area contributed by atoms with E-state index in [0.717, 1.165) is 12.1 Å². The maximum absolute atomic E-state index is 12.6. The lowest BCUT2D eigenvalue weighted by atomic mass is 10.0. The number of carbonyl (C=O) groups excluding carboxylic acids is 1. The Hall–Kier alpha value is -1.56. The summed E-state index contributed by atoms with van der Waals surface area (Å²) in [6.45, 7) is 1.48. The summed E-state index contributed by atoms with van der Waals surface area (Å²) >= 11 is 0.